The Kier molecular flexibility index (Phi) is 9.85. The predicted molar refractivity (Wildman–Crippen MR) is 311 cm³/mol. The third-order valence-electron chi connectivity index (χ3n) is 18.5. The molecule has 0 spiro atoms. The fourth-order valence-corrected chi connectivity index (χ4v) is 14.5. The van der Waals surface area contributed by atoms with Gasteiger partial charge in [0.25, 0.3) is 0 Å². The summed E-state index contributed by atoms with van der Waals surface area (Å²) in [6.45, 7) is 26.4. The molecule has 4 heteroatoms. The Balaban J connectivity index is 1.18. The van der Waals surface area contributed by atoms with E-state index >= 15 is 0 Å². The fourth-order valence-electron chi connectivity index (χ4n) is 14.5. The van der Waals surface area contributed by atoms with E-state index in [1.165, 1.54) is 103 Å². The minimum atomic E-state index is -0.581. The van der Waals surface area contributed by atoms with Crippen molar-refractivity contribution in [3.8, 4) is 11.1 Å². The number of nitrogens with zero attached hydrogens (tertiary/aromatic N) is 3. The van der Waals surface area contributed by atoms with E-state index in [0.717, 1.165) is 23.5 Å². The Morgan fingerprint density at radius 1 is 0.452 bits per heavy atom. The Bertz CT molecular complexity index is 3400. The molecule has 8 aromatic carbocycles. The average molecular weight is 952 g/mol. The minimum absolute atomic E-state index is 0.0120. The van der Waals surface area contributed by atoms with Gasteiger partial charge in [0, 0.05) is 50.6 Å². The molecule has 4 aliphatic heterocycles. The zero-order valence-electron chi connectivity index (χ0n) is 45.0. The first-order valence-electron chi connectivity index (χ1n) is 27.2. The lowest BCUT2D eigenvalue weighted by Gasteiger charge is -2.56. The molecule has 0 bridgehead atoms. The molecule has 0 saturated heterocycles. The van der Waals surface area contributed by atoms with Crippen LogP contribution >= 0.6 is 0 Å². The number of rotatable bonds is 5. The zero-order chi connectivity index (χ0) is 50.6. The van der Waals surface area contributed by atoms with Crippen LogP contribution in [0.15, 0.2) is 176 Å². The van der Waals surface area contributed by atoms with Gasteiger partial charge in [-0.05, 0) is 146 Å². The lowest BCUT2D eigenvalue weighted by atomic mass is 9.41. The summed E-state index contributed by atoms with van der Waals surface area (Å²) in [5.74, 6) is 0. The van der Waals surface area contributed by atoms with Gasteiger partial charge in [0.05, 0.1) is 11.1 Å². The van der Waals surface area contributed by atoms with Crippen molar-refractivity contribution < 1.29 is 0 Å². The molecular weight excluding hydrogens is 882 g/mol. The van der Waals surface area contributed by atoms with Crippen LogP contribution in [-0.2, 0) is 27.1 Å². The van der Waals surface area contributed by atoms with E-state index in [-0.39, 0.29) is 34.0 Å². The Hall–Kier alpha value is -6.78. The van der Waals surface area contributed by atoms with E-state index in [9.17, 15) is 0 Å². The monoisotopic (exact) mass is 952 g/mol. The van der Waals surface area contributed by atoms with Crippen LogP contribution in [0.3, 0.4) is 0 Å². The molecule has 8 aromatic rings. The molecule has 0 N–H and O–H groups in total. The summed E-state index contributed by atoms with van der Waals surface area (Å²) in [5, 5.41) is 0. The lowest BCUT2D eigenvalue weighted by molar-refractivity contribution is 0.199. The summed E-state index contributed by atoms with van der Waals surface area (Å²) in [6, 6.07) is 68.7. The van der Waals surface area contributed by atoms with Crippen LogP contribution in [0, 0.1) is 0 Å². The van der Waals surface area contributed by atoms with Crippen LogP contribution in [0.1, 0.15) is 146 Å². The van der Waals surface area contributed by atoms with Gasteiger partial charge in [0.15, 0.2) is 0 Å². The van der Waals surface area contributed by atoms with E-state index in [2.05, 4.69) is 267 Å². The summed E-state index contributed by atoms with van der Waals surface area (Å²) >= 11 is 0. The minimum Gasteiger partial charge on any atom is -0.400 e. The van der Waals surface area contributed by atoms with Crippen molar-refractivity contribution in [2.24, 2.45) is 0 Å². The van der Waals surface area contributed by atoms with Crippen molar-refractivity contribution >= 4 is 57.6 Å². The fraction of sp³-hybridized carbons (Fsp3) is 0.304. The first-order chi connectivity index (χ1) is 34.9. The Morgan fingerprint density at radius 3 is 1.59 bits per heavy atom. The molecule has 1 saturated carbocycles. The third kappa shape index (κ3) is 6.38. The van der Waals surface area contributed by atoms with Gasteiger partial charge in [-0.3, -0.25) is 0 Å². The maximum absolute atomic E-state index is 3.00. The smallest absolute Gasteiger partial charge is 0.328 e. The van der Waals surface area contributed by atoms with E-state index in [1.54, 1.807) is 5.56 Å². The normalized spacial score (nSPS) is 19.9. The SMILES string of the molecule is CC(C)(C)c1ccc(N(c2ccc(C(C)(C)C)cc2)c2cc3c4c(c2)N2c5ccccc5C(c5ccccc5)(c5ccccc5)c5cccc(c52)B4N2c4c-3cc(C(C)(C)C)cc4C3(C)CCCCC23C)cc1. The van der Waals surface area contributed by atoms with Crippen LogP contribution in [0.5, 0.6) is 0 Å². The van der Waals surface area contributed by atoms with Gasteiger partial charge in [0.2, 0.25) is 0 Å². The molecule has 2 unspecified atom stereocenters. The number of anilines is 7. The molecule has 1 aliphatic carbocycles. The van der Waals surface area contributed by atoms with Crippen molar-refractivity contribution in [2.75, 3.05) is 14.6 Å². The standard InChI is InChI=1S/C69H70BN3/c1-64(2,3)45-31-35-50(36-32-45)71(51-37-33-46(34-38-51)65(4,5)6)52-43-53-54-41-49(66(7,8)9)42-57-62(54)73(68(11)40-21-20-39-67(57,68)10)70-58-29-22-28-56-63(58)72(60(44-52)61(53)70)59-30-19-18-27-55(59)69(56,47-23-14-12-15-24-47)48-25-16-13-17-26-48/h12-19,22-38,41-44H,20-21,39-40H2,1-11H3. The molecule has 5 aliphatic rings. The van der Waals surface area contributed by atoms with Gasteiger partial charge in [-0.15, -0.1) is 0 Å². The highest BCUT2D eigenvalue weighted by Gasteiger charge is 2.64. The number of benzene rings is 8. The van der Waals surface area contributed by atoms with Crippen molar-refractivity contribution in [3.63, 3.8) is 0 Å². The summed E-state index contributed by atoms with van der Waals surface area (Å²) in [6.07, 6.45) is 4.82. The van der Waals surface area contributed by atoms with Gasteiger partial charge in [-0.1, -0.05) is 209 Å². The predicted octanol–water partition coefficient (Wildman–Crippen LogP) is 16.7. The maximum atomic E-state index is 3.00. The van der Waals surface area contributed by atoms with Crippen molar-refractivity contribution in [1.29, 1.82) is 0 Å². The van der Waals surface area contributed by atoms with Crippen LogP contribution in [0.25, 0.3) is 11.1 Å². The van der Waals surface area contributed by atoms with Gasteiger partial charge in [0.1, 0.15) is 0 Å². The quantitative estimate of drug-likeness (QED) is 0.159. The van der Waals surface area contributed by atoms with Crippen molar-refractivity contribution in [1.82, 2.24) is 0 Å². The molecular formula is C69H70BN3. The average Bonchev–Trinajstić information content (AvgIpc) is 3.59. The highest BCUT2D eigenvalue weighted by atomic mass is 15.2. The second-order valence-electron chi connectivity index (χ2n) is 25.7. The summed E-state index contributed by atoms with van der Waals surface area (Å²) in [5.41, 5.74) is 24.4. The molecule has 364 valence electrons. The summed E-state index contributed by atoms with van der Waals surface area (Å²) in [7, 11) is 0. The molecule has 1 fully saturated rings. The number of hydrogen-bond acceptors (Lipinski definition) is 3. The highest BCUT2D eigenvalue weighted by Crippen LogP contribution is 2.65. The number of para-hydroxylation sites is 2. The van der Waals surface area contributed by atoms with Crippen LogP contribution < -0.4 is 25.5 Å². The van der Waals surface area contributed by atoms with Gasteiger partial charge in [-0.2, -0.15) is 0 Å². The van der Waals surface area contributed by atoms with Crippen molar-refractivity contribution in [2.45, 2.75) is 134 Å². The topological polar surface area (TPSA) is 9.72 Å². The van der Waals surface area contributed by atoms with Crippen molar-refractivity contribution in [3.05, 3.63) is 220 Å². The Morgan fingerprint density at radius 2 is 1.00 bits per heavy atom. The molecule has 3 nitrogen and oxygen atoms in total. The second-order valence-corrected chi connectivity index (χ2v) is 25.7. The molecule has 0 aromatic heterocycles. The van der Waals surface area contributed by atoms with Gasteiger partial charge >= 0.3 is 6.85 Å². The Labute approximate surface area is 436 Å². The first kappa shape index (κ1) is 46.0. The van der Waals surface area contributed by atoms with E-state index in [4.69, 9.17) is 0 Å². The van der Waals surface area contributed by atoms with Crippen LogP contribution in [0.2, 0.25) is 0 Å². The molecule has 73 heavy (non-hydrogen) atoms. The van der Waals surface area contributed by atoms with Gasteiger partial charge < -0.3 is 14.6 Å². The zero-order valence-corrected chi connectivity index (χ0v) is 45.0. The molecule has 4 heterocycles. The van der Waals surface area contributed by atoms with Crippen LogP contribution in [0.4, 0.5) is 39.8 Å². The molecule has 13 rings (SSSR count). The molecule has 0 radical (unpaired) electrons. The summed E-state index contributed by atoms with van der Waals surface area (Å²) < 4.78 is 0. The maximum Gasteiger partial charge on any atom is 0.328 e. The lowest BCUT2D eigenvalue weighted by Crippen LogP contribution is -2.71. The third-order valence-corrected chi connectivity index (χ3v) is 18.5. The van der Waals surface area contributed by atoms with E-state index in [1.807, 2.05) is 0 Å². The largest absolute Gasteiger partial charge is 0.400 e. The van der Waals surface area contributed by atoms with Crippen LogP contribution in [-0.4, -0.2) is 12.4 Å². The van der Waals surface area contributed by atoms with Gasteiger partial charge in [-0.25, -0.2) is 0 Å². The van der Waals surface area contributed by atoms with E-state index in [0.29, 0.717) is 0 Å². The molecule has 0 amide bonds. The summed E-state index contributed by atoms with van der Waals surface area (Å²) in [4.78, 5) is 8.26. The number of fused-ring (bicyclic) bond motifs is 9. The molecule has 2 atom stereocenters. The first-order valence-corrected chi connectivity index (χ1v) is 27.2. The van der Waals surface area contributed by atoms with E-state index < -0.39 is 5.41 Å². The highest BCUT2D eigenvalue weighted by molar-refractivity contribution is 6.93. The number of hydrogen-bond donors (Lipinski definition) is 0. The second kappa shape index (κ2) is 15.6.